The molecule has 0 atom stereocenters. The molecule has 1 saturated heterocycles. The smallest absolute Gasteiger partial charge is 0.416 e. The Morgan fingerprint density at radius 1 is 1.11 bits per heavy atom. The van der Waals surface area contributed by atoms with Crippen LogP contribution in [0.25, 0.3) is 0 Å². The highest BCUT2D eigenvalue weighted by atomic mass is 19.4. The lowest BCUT2D eigenvalue weighted by molar-refractivity contribution is -0.138. The molecular weight excluding hydrogens is 487 g/mol. The van der Waals surface area contributed by atoms with Gasteiger partial charge in [-0.05, 0) is 43.0 Å². The minimum atomic E-state index is -4.53. The van der Waals surface area contributed by atoms with E-state index in [1.807, 2.05) is 13.0 Å². The molecule has 196 valence electrons. The summed E-state index contributed by atoms with van der Waals surface area (Å²) in [5.41, 5.74) is 1.81. The van der Waals surface area contributed by atoms with E-state index in [-0.39, 0.29) is 30.7 Å². The molecule has 0 N–H and O–H groups in total. The molecule has 4 heterocycles. The summed E-state index contributed by atoms with van der Waals surface area (Å²) in [6.07, 6.45) is -1.45. The van der Waals surface area contributed by atoms with Gasteiger partial charge in [0, 0.05) is 32.4 Å². The van der Waals surface area contributed by atoms with Gasteiger partial charge in [0.05, 0.1) is 25.8 Å². The summed E-state index contributed by atoms with van der Waals surface area (Å²) in [7, 11) is 3.23. The number of ether oxygens (including phenoxy) is 1. The fourth-order valence-corrected chi connectivity index (χ4v) is 5.22. The Hall–Kier alpha value is -3.83. The average molecular weight is 516 g/mol. The molecule has 0 unspecified atom stereocenters. The van der Waals surface area contributed by atoms with Gasteiger partial charge in [-0.15, -0.1) is 5.10 Å². The van der Waals surface area contributed by atoms with Crippen molar-refractivity contribution in [2.75, 3.05) is 30.0 Å². The molecule has 0 spiro atoms. The first kappa shape index (κ1) is 24.8. The molecule has 1 fully saturated rings. The fraction of sp³-hybridized carbons (Fsp3) is 0.440. The number of anilines is 2. The highest BCUT2D eigenvalue weighted by Gasteiger charge is 2.40. The lowest BCUT2D eigenvalue weighted by Gasteiger charge is -2.43. The van der Waals surface area contributed by atoms with Crippen LogP contribution in [0.2, 0.25) is 0 Å². The second-order valence-corrected chi connectivity index (χ2v) is 9.32. The Balaban J connectivity index is 1.39. The molecule has 9 nitrogen and oxygen atoms in total. The molecule has 12 heteroatoms. The molecule has 1 aromatic carbocycles. The van der Waals surface area contributed by atoms with Crippen molar-refractivity contribution in [1.82, 2.24) is 24.9 Å². The number of aryl methyl sites for hydroxylation is 2. The van der Waals surface area contributed by atoms with Gasteiger partial charge >= 0.3 is 12.2 Å². The van der Waals surface area contributed by atoms with Crippen molar-refractivity contribution in [3.63, 3.8) is 0 Å². The number of nitrogens with zero attached hydrogens (tertiary/aromatic N) is 7. The minimum Gasteiger partial charge on any atom is -0.480 e. The quantitative estimate of drug-likeness (QED) is 0.508. The second-order valence-electron chi connectivity index (χ2n) is 9.32. The van der Waals surface area contributed by atoms with Gasteiger partial charge in [0.1, 0.15) is 11.4 Å². The van der Waals surface area contributed by atoms with Gasteiger partial charge in [-0.25, -0.2) is 9.78 Å². The van der Waals surface area contributed by atoms with Crippen LogP contribution in [0.1, 0.15) is 35.2 Å². The Kier molecular flexibility index (Phi) is 6.42. The number of hydrogen-bond donors (Lipinski definition) is 0. The Labute approximate surface area is 212 Å². The second kappa shape index (κ2) is 9.56. The number of aromatic nitrogens is 4. The molecule has 5 rings (SSSR count). The molecule has 0 saturated carbocycles. The first-order valence-electron chi connectivity index (χ1n) is 12.1. The SMILES string of the molecule is COc1nccc(C)c1N1CCC(N2Cc3nn(C)nc3N(Cc3ccccc3C(F)(F)F)C2=O)CC1. The molecule has 2 amide bonds. The zero-order valence-corrected chi connectivity index (χ0v) is 20.9. The number of halogens is 3. The topological polar surface area (TPSA) is 79.6 Å². The maximum Gasteiger partial charge on any atom is 0.416 e. The number of alkyl halides is 3. The lowest BCUT2D eigenvalue weighted by atomic mass is 10.0. The van der Waals surface area contributed by atoms with E-state index in [1.54, 1.807) is 31.3 Å². The standard InChI is InChI=1S/C25H28F3N7O2/c1-16-8-11-29-23(37-3)21(16)33-12-9-18(10-13-33)34-15-20-22(31-32(2)30-20)35(24(34)36)14-17-6-4-5-7-19(17)25(26,27)28/h4-8,11,18H,9-10,12-15H2,1-3H3. The van der Waals surface area contributed by atoms with Crippen molar-refractivity contribution in [3.8, 4) is 5.88 Å². The van der Waals surface area contributed by atoms with Crippen LogP contribution >= 0.6 is 0 Å². The van der Waals surface area contributed by atoms with Crippen molar-refractivity contribution in [3.05, 3.63) is 58.9 Å². The fourth-order valence-electron chi connectivity index (χ4n) is 5.22. The number of rotatable bonds is 5. The molecule has 3 aromatic rings. The normalized spacial score (nSPS) is 16.8. The van der Waals surface area contributed by atoms with Crippen molar-refractivity contribution >= 4 is 17.5 Å². The van der Waals surface area contributed by atoms with E-state index in [4.69, 9.17) is 4.74 Å². The summed E-state index contributed by atoms with van der Waals surface area (Å²) in [5.74, 6) is 0.861. The van der Waals surface area contributed by atoms with E-state index in [1.165, 1.54) is 21.8 Å². The van der Waals surface area contributed by atoms with E-state index < -0.39 is 11.7 Å². The number of benzene rings is 1. The van der Waals surface area contributed by atoms with Crippen molar-refractivity contribution < 1.29 is 22.7 Å². The van der Waals surface area contributed by atoms with Gasteiger partial charge in [-0.1, -0.05) is 18.2 Å². The number of piperidine rings is 1. The third-order valence-electron chi connectivity index (χ3n) is 6.97. The predicted molar refractivity (Wildman–Crippen MR) is 130 cm³/mol. The number of methoxy groups -OCH3 is 1. The summed E-state index contributed by atoms with van der Waals surface area (Å²) >= 11 is 0. The van der Waals surface area contributed by atoms with Gasteiger partial charge in [0.2, 0.25) is 5.88 Å². The monoisotopic (exact) mass is 515 g/mol. The zero-order valence-electron chi connectivity index (χ0n) is 20.9. The van der Waals surface area contributed by atoms with E-state index in [0.29, 0.717) is 43.3 Å². The lowest BCUT2D eigenvalue weighted by Crippen LogP contribution is -2.54. The van der Waals surface area contributed by atoms with E-state index in [0.717, 1.165) is 17.3 Å². The summed E-state index contributed by atoms with van der Waals surface area (Å²) in [6, 6.07) is 6.79. The van der Waals surface area contributed by atoms with Crippen molar-refractivity contribution in [1.29, 1.82) is 0 Å². The number of hydrogen-bond acceptors (Lipinski definition) is 6. The van der Waals surface area contributed by atoms with Crippen LogP contribution in [-0.2, 0) is 26.3 Å². The highest BCUT2D eigenvalue weighted by molar-refractivity contribution is 5.93. The molecule has 0 radical (unpaired) electrons. The van der Waals surface area contributed by atoms with Gasteiger partial charge < -0.3 is 14.5 Å². The molecular formula is C25H28F3N7O2. The van der Waals surface area contributed by atoms with Crippen molar-refractivity contribution in [2.45, 2.75) is 45.1 Å². The highest BCUT2D eigenvalue weighted by Crippen LogP contribution is 2.37. The Bertz CT molecular complexity index is 1300. The van der Waals surface area contributed by atoms with E-state index in [9.17, 15) is 18.0 Å². The van der Waals surface area contributed by atoms with Crippen LogP contribution < -0.4 is 14.5 Å². The predicted octanol–water partition coefficient (Wildman–Crippen LogP) is 4.16. The Morgan fingerprint density at radius 3 is 2.54 bits per heavy atom. The molecule has 37 heavy (non-hydrogen) atoms. The number of carbonyl (C=O) groups is 1. The summed E-state index contributed by atoms with van der Waals surface area (Å²) in [5, 5.41) is 8.71. The number of carbonyl (C=O) groups excluding carboxylic acids is 1. The molecule has 0 aliphatic carbocycles. The average Bonchev–Trinajstić information content (AvgIpc) is 3.25. The molecule has 0 bridgehead atoms. The van der Waals surface area contributed by atoms with Crippen LogP contribution in [0.5, 0.6) is 5.88 Å². The number of urea groups is 1. The minimum absolute atomic E-state index is 0.00997. The van der Waals surface area contributed by atoms with E-state index in [2.05, 4.69) is 20.1 Å². The van der Waals surface area contributed by atoms with Gasteiger partial charge in [0.25, 0.3) is 0 Å². The maximum absolute atomic E-state index is 13.7. The van der Waals surface area contributed by atoms with Crippen LogP contribution in [0, 0.1) is 6.92 Å². The first-order chi connectivity index (χ1) is 17.7. The van der Waals surface area contributed by atoms with Crippen LogP contribution in [0.3, 0.4) is 0 Å². The van der Waals surface area contributed by atoms with Gasteiger partial charge in [0.15, 0.2) is 5.82 Å². The summed E-state index contributed by atoms with van der Waals surface area (Å²) in [4.78, 5) is 24.6. The number of pyridine rings is 1. The van der Waals surface area contributed by atoms with Gasteiger partial charge in [-0.2, -0.15) is 23.1 Å². The summed E-state index contributed by atoms with van der Waals surface area (Å²) in [6.45, 7) is 3.39. The molecule has 2 aliphatic rings. The van der Waals surface area contributed by atoms with Crippen LogP contribution in [-0.4, -0.2) is 57.2 Å². The van der Waals surface area contributed by atoms with Gasteiger partial charge in [-0.3, -0.25) is 4.90 Å². The molecule has 2 aromatic heterocycles. The van der Waals surface area contributed by atoms with E-state index >= 15 is 0 Å². The van der Waals surface area contributed by atoms with Crippen LogP contribution in [0.15, 0.2) is 36.5 Å². The van der Waals surface area contributed by atoms with Crippen molar-refractivity contribution in [2.24, 2.45) is 7.05 Å². The number of amides is 2. The summed E-state index contributed by atoms with van der Waals surface area (Å²) < 4.78 is 46.5. The largest absolute Gasteiger partial charge is 0.480 e. The zero-order chi connectivity index (χ0) is 26.3. The van der Waals surface area contributed by atoms with Crippen LogP contribution in [0.4, 0.5) is 29.5 Å². The Morgan fingerprint density at radius 2 is 1.84 bits per heavy atom. The third kappa shape index (κ3) is 4.67. The maximum atomic E-state index is 13.7. The number of fused-ring (bicyclic) bond motifs is 1. The first-order valence-corrected chi connectivity index (χ1v) is 12.1. The molecule has 2 aliphatic heterocycles. The third-order valence-corrected chi connectivity index (χ3v) is 6.97.